The fourth-order valence-electron chi connectivity index (χ4n) is 8.98. The van der Waals surface area contributed by atoms with Crippen molar-refractivity contribution in [1.29, 1.82) is 0 Å². The molecule has 0 rings (SSSR count). The number of unbranched alkanes of at least 4 members (excludes halogenated alkanes) is 46. The number of hydrogen-bond donors (Lipinski definition) is 0. The van der Waals surface area contributed by atoms with Crippen LogP contribution in [0.2, 0.25) is 0 Å². The molecule has 0 aromatic heterocycles. The van der Waals surface area contributed by atoms with Crippen LogP contribution in [0.4, 0.5) is 0 Å². The predicted molar refractivity (Wildman–Crippen MR) is 285 cm³/mol. The van der Waals surface area contributed by atoms with Gasteiger partial charge in [-0.05, 0) is 25.7 Å². The zero-order valence-electron chi connectivity index (χ0n) is 44.8. The van der Waals surface area contributed by atoms with E-state index in [0.717, 1.165) is 25.7 Å². The van der Waals surface area contributed by atoms with E-state index >= 15 is 0 Å². The molecule has 0 amide bonds. The molecule has 0 bridgehead atoms. The third kappa shape index (κ3) is 63.0. The highest BCUT2D eigenvalue weighted by Crippen LogP contribution is 2.17. The monoisotopic (exact) mass is 905 g/mol. The lowest BCUT2D eigenvalue weighted by Crippen LogP contribution is -2.05. The average molecular weight is 906 g/mol. The molecule has 0 unspecified atom stereocenters. The van der Waals surface area contributed by atoms with Gasteiger partial charge in [-0.3, -0.25) is 9.59 Å². The normalized spacial score (nSPS) is 11.2. The van der Waals surface area contributed by atoms with Crippen LogP contribution in [0.5, 0.6) is 0 Å². The summed E-state index contributed by atoms with van der Waals surface area (Å²) in [5.74, 6) is 0.0463. The fraction of sp³-hybridized carbons (Fsp3) is 0.967. The summed E-state index contributed by atoms with van der Waals surface area (Å²) in [7, 11) is 0. The molecule has 4 heteroatoms. The van der Waals surface area contributed by atoms with Gasteiger partial charge in [0.15, 0.2) is 0 Å². The van der Waals surface area contributed by atoms with Crippen LogP contribution in [-0.4, -0.2) is 25.2 Å². The first-order valence-corrected chi connectivity index (χ1v) is 29.9. The molecule has 64 heavy (non-hydrogen) atoms. The first kappa shape index (κ1) is 65.0. The Hall–Kier alpha value is -1.06. The maximum Gasteiger partial charge on any atom is 0.305 e. The summed E-state index contributed by atoms with van der Waals surface area (Å²) in [5, 5.41) is 0. The van der Waals surface area contributed by atoms with Gasteiger partial charge in [0.2, 0.25) is 0 Å². The summed E-state index contributed by atoms with van der Waals surface area (Å²) in [6.45, 7) is 10.4. The Morgan fingerprint density at radius 1 is 0.203 bits per heavy atom. The number of ether oxygens (including phenoxy) is 2. The Labute approximate surface area is 404 Å². The standard InChI is InChI=1S/C34H68O2.C26H52O2/c1-3-5-7-9-11-13-15-17-18-19-20-21-22-24-26-28-30-32-34(35)36-33-31-29-27-25-23-16-14-12-10-8-6-4-2;1-3-5-7-9-11-13-14-15-17-19-21-23-25-28-26(27)24-22-20-18-16-12-10-8-6-4-2/h3-33H2,1-2H3;3-25H2,1-2H3. The van der Waals surface area contributed by atoms with E-state index in [2.05, 4.69) is 27.7 Å². The zero-order valence-corrected chi connectivity index (χ0v) is 44.8. The highest BCUT2D eigenvalue weighted by atomic mass is 16.5. The van der Waals surface area contributed by atoms with Gasteiger partial charge in [-0.2, -0.15) is 0 Å². The molecule has 0 atom stereocenters. The van der Waals surface area contributed by atoms with Crippen LogP contribution < -0.4 is 0 Å². The summed E-state index contributed by atoms with van der Waals surface area (Å²) < 4.78 is 10.8. The van der Waals surface area contributed by atoms with E-state index in [-0.39, 0.29) is 11.9 Å². The van der Waals surface area contributed by atoms with Crippen molar-refractivity contribution in [2.24, 2.45) is 0 Å². The van der Waals surface area contributed by atoms with E-state index in [1.54, 1.807) is 0 Å². The molecular weight excluding hydrogens is 785 g/mol. The number of rotatable bonds is 54. The number of esters is 2. The molecule has 0 spiro atoms. The molecule has 0 aliphatic heterocycles. The highest BCUT2D eigenvalue weighted by Gasteiger charge is 2.04. The second-order valence-corrected chi connectivity index (χ2v) is 20.2. The molecule has 4 nitrogen and oxygen atoms in total. The van der Waals surface area contributed by atoms with Crippen molar-refractivity contribution in [3.8, 4) is 0 Å². The van der Waals surface area contributed by atoms with E-state index in [4.69, 9.17) is 9.47 Å². The first-order chi connectivity index (χ1) is 31.6. The molecule has 0 radical (unpaired) electrons. The molecule has 0 aromatic carbocycles. The van der Waals surface area contributed by atoms with Crippen LogP contribution in [-0.2, 0) is 19.1 Å². The van der Waals surface area contributed by atoms with E-state index in [1.165, 1.54) is 295 Å². The molecule has 0 aliphatic rings. The lowest BCUT2D eigenvalue weighted by Gasteiger charge is -2.06. The van der Waals surface area contributed by atoms with Gasteiger partial charge in [0.25, 0.3) is 0 Å². The second kappa shape index (κ2) is 61.9. The van der Waals surface area contributed by atoms with Gasteiger partial charge >= 0.3 is 11.9 Å². The van der Waals surface area contributed by atoms with E-state index in [1.807, 2.05) is 0 Å². The highest BCUT2D eigenvalue weighted by molar-refractivity contribution is 5.69. The second-order valence-electron chi connectivity index (χ2n) is 20.2. The van der Waals surface area contributed by atoms with Gasteiger partial charge in [-0.25, -0.2) is 0 Å². The van der Waals surface area contributed by atoms with Crippen molar-refractivity contribution in [3.63, 3.8) is 0 Å². The number of hydrogen-bond acceptors (Lipinski definition) is 4. The number of carbonyl (C=O) groups excluding carboxylic acids is 2. The van der Waals surface area contributed by atoms with Crippen LogP contribution in [0.1, 0.15) is 362 Å². The summed E-state index contributed by atoms with van der Waals surface area (Å²) >= 11 is 0. The molecule has 0 fully saturated rings. The Morgan fingerprint density at radius 3 is 0.516 bits per heavy atom. The molecule has 0 saturated carbocycles. The van der Waals surface area contributed by atoms with E-state index in [9.17, 15) is 9.59 Å². The Bertz CT molecular complexity index is 841. The maximum absolute atomic E-state index is 11.9. The van der Waals surface area contributed by atoms with Gasteiger partial charge in [0.05, 0.1) is 13.2 Å². The molecule has 0 saturated heterocycles. The van der Waals surface area contributed by atoms with Gasteiger partial charge in [0.1, 0.15) is 0 Å². The summed E-state index contributed by atoms with van der Waals surface area (Å²) in [6, 6.07) is 0. The van der Waals surface area contributed by atoms with Crippen LogP contribution in [0.25, 0.3) is 0 Å². The summed E-state index contributed by atoms with van der Waals surface area (Å²) in [6.07, 6.45) is 68.5. The Morgan fingerprint density at radius 2 is 0.344 bits per heavy atom. The number of carbonyl (C=O) groups is 2. The fourth-order valence-corrected chi connectivity index (χ4v) is 8.98. The predicted octanol–water partition coefficient (Wildman–Crippen LogP) is 21.4. The van der Waals surface area contributed by atoms with Crippen LogP contribution in [0.3, 0.4) is 0 Å². The zero-order chi connectivity index (χ0) is 46.8. The SMILES string of the molecule is CCCCCCCCCCCCCCCCCCCC(=O)OCCCCCCCCCCCCCC.CCCCCCCCCCCCCCOC(=O)CCCCCCCCCCC. The third-order valence-electron chi connectivity index (χ3n) is 13.5. The van der Waals surface area contributed by atoms with Crippen molar-refractivity contribution in [2.45, 2.75) is 362 Å². The van der Waals surface area contributed by atoms with E-state index < -0.39 is 0 Å². The van der Waals surface area contributed by atoms with Crippen molar-refractivity contribution in [3.05, 3.63) is 0 Å². The van der Waals surface area contributed by atoms with Gasteiger partial charge in [0, 0.05) is 12.8 Å². The van der Waals surface area contributed by atoms with E-state index in [0.29, 0.717) is 26.1 Å². The maximum atomic E-state index is 11.9. The lowest BCUT2D eigenvalue weighted by atomic mass is 10.0. The molecule has 0 N–H and O–H groups in total. The average Bonchev–Trinajstić information content (AvgIpc) is 3.30. The minimum Gasteiger partial charge on any atom is -0.466 e. The van der Waals surface area contributed by atoms with Crippen molar-refractivity contribution in [1.82, 2.24) is 0 Å². The van der Waals surface area contributed by atoms with Gasteiger partial charge < -0.3 is 9.47 Å². The topological polar surface area (TPSA) is 52.6 Å². The molecule has 0 heterocycles. The van der Waals surface area contributed by atoms with Crippen LogP contribution in [0, 0.1) is 0 Å². The first-order valence-electron chi connectivity index (χ1n) is 29.9. The van der Waals surface area contributed by atoms with Crippen molar-refractivity contribution < 1.29 is 19.1 Å². The quantitative estimate of drug-likeness (QED) is 0.0451. The van der Waals surface area contributed by atoms with Crippen molar-refractivity contribution >= 4 is 11.9 Å². The largest absolute Gasteiger partial charge is 0.466 e. The van der Waals surface area contributed by atoms with Crippen molar-refractivity contribution in [2.75, 3.05) is 13.2 Å². The Kier molecular flexibility index (Phi) is 62.9. The minimum atomic E-state index is 0.0195. The van der Waals surface area contributed by atoms with Crippen LogP contribution in [0.15, 0.2) is 0 Å². The molecule has 384 valence electrons. The summed E-state index contributed by atoms with van der Waals surface area (Å²) in [5.41, 5.74) is 0. The minimum absolute atomic E-state index is 0.0195. The molecule has 0 aromatic rings. The lowest BCUT2D eigenvalue weighted by molar-refractivity contribution is -0.144. The van der Waals surface area contributed by atoms with Crippen LogP contribution >= 0.6 is 0 Å². The van der Waals surface area contributed by atoms with Gasteiger partial charge in [-0.1, -0.05) is 323 Å². The smallest absolute Gasteiger partial charge is 0.305 e. The summed E-state index contributed by atoms with van der Waals surface area (Å²) in [4.78, 5) is 23.6. The van der Waals surface area contributed by atoms with Gasteiger partial charge in [-0.15, -0.1) is 0 Å². The third-order valence-corrected chi connectivity index (χ3v) is 13.5. The molecule has 0 aliphatic carbocycles. The Balaban J connectivity index is 0. The molecular formula is C60H120O4.